The maximum absolute atomic E-state index is 12.6. The van der Waals surface area contributed by atoms with Crippen molar-refractivity contribution in [2.24, 2.45) is 0 Å². The van der Waals surface area contributed by atoms with E-state index < -0.39 is 0 Å². The van der Waals surface area contributed by atoms with Gasteiger partial charge in [0.1, 0.15) is 0 Å². The molecule has 0 radical (unpaired) electrons. The lowest BCUT2D eigenvalue weighted by atomic mass is 10.0. The Morgan fingerprint density at radius 2 is 1.88 bits per heavy atom. The molecule has 6 nitrogen and oxygen atoms in total. The monoisotopic (exact) mass is 357 g/mol. The number of aromatic nitrogens is 2. The second-order valence-electron chi connectivity index (χ2n) is 7.43. The maximum Gasteiger partial charge on any atom is 0.260 e. The van der Waals surface area contributed by atoms with Gasteiger partial charge >= 0.3 is 0 Å². The fraction of sp³-hybridized carbons (Fsp3) is 0.500. The first-order valence-electron chi connectivity index (χ1n) is 9.08. The lowest BCUT2D eigenvalue weighted by Crippen LogP contribution is -2.40. The summed E-state index contributed by atoms with van der Waals surface area (Å²) in [6, 6.07) is 7.42. The van der Waals surface area contributed by atoms with Crippen LogP contribution in [-0.4, -0.2) is 40.3 Å². The minimum Gasteiger partial charge on any atom is -0.490 e. The summed E-state index contributed by atoms with van der Waals surface area (Å²) in [5.74, 6) is 1.24. The van der Waals surface area contributed by atoms with Crippen LogP contribution in [0.15, 0.2) is 30.5 Å². The van der Waals surface area contributed by atoms with Crippen molar-refractivity contribution in [2.75, 3.05) is 19.8 Å². The number of nitrogens with zero attached hydrogens (tertiary/aromatic N) is 3. The number of amides is 1. The van der Waals surface area contributed by atoms with Gasteiger partial charge < -0.3 is 14.4 Å². The number of carbonyl (C=O) groups excluding carboxylic acids is 1. The van der Waals surface area contributed by atoms with E-state index in [0.29, 0.717) is 31.2 Å². The molecule has 140 valence electrons. The van der Waals surface area contributed by atoms with Crippen LogP contribution in [0, 0.1) is 0 Å². The molecule has 0 aliphatic carbocycles. The number of para-hydroxylation sites is 2. The van der Waals surface area contributed by atoms with Gasteiger partial charge in [-0.1, -0.05) is 12.1 Å². The van der Waals surface area contributed by atoms with E-state index in [1.807, 2.05) is 42.3 Å². The highest BCUT2D eigenvalue weighted by Crippen LogP contribution is 2.27. The van der Waals surface area contributed by atoms with Crippen LogP contribution in [0.25, 0.3) is 0 Å². The molecule has 0 saturated heterocycles. The first-order valence-corrected chi connectivity index (χ1v) is 9.08. The SMILES string of the molecule is CCOc1ccccc1OCC(=O)N1CCc2c(cnn2C(C)(C)C)C1. The molecule has 0 fully saturated rings. The Kier molecular flexibility index (Phi) is 5.20. The van der Waals surface area contributed by atoms with Crippen LogP contribution >= 0.6 is 0 Å². The van der Waals surface area contributed by atoms with Crippen molar-refractivity contribution in [3.63, 3.8) is 0 Å². The van der Waals surface area contributed by atoms with Crippen LogP contribution < -0.4 is 9.47 Å². The molecule has 1 aromatic carbocycles. The third kappa shape index (κ3) is 3.84. The smallest absolute Gasteiger partial charge is 0.260 e. The molecule has 0 unspecified atom stereocenters. The molecule has 1 aromatic heterocycles. The van der Waals surface area contributed by atoms with Crippen molar-refractivity contribution < 1.29 is 14.3 Å². The Labute approximate surface area is 154 Å². The number of carbonyl (C=O) groups is 1. The van der Waals surface area contributed by atoms with Crippen LogP contribution in [-0.2, 0) is 23.3 Å². The zero-order valence-electron chi connectivity index (χ0n) is 16.0. The lowest BCUT2D eigenvalue weighted by molar-refractivity contribution is -0.134. The summed E-state index contributed by atoms with van der Waals surface area (Å²) in [6.45, 7) is 10.2. The lowest BCUT2D eigenvalue weighted by Gasteiger charge is -2.30. The molecule has 2 heterocycles. The van der Waals surface area contributed by atoms with Crippen LogP contribution in [0.4, 0.5) is 0 Å². The number of hydrogen-bond donors (Lipinski definition) is 0. The van der Waals surface area contributed by atoms with E-state index in [1.54, 1.807) is 0 Å². The number of hydrogen-bond acceptors (Lipinski definition) is 4. The third-order valence-corrected chi connectivity index (χ3v) is 4.42. The van der Waals surface area contributed by atoms with Crippen LogP contribution in [0.3, 0.4) is 0 Å². The van der Waals surface area contributed by atoms with Gasteiger partial charge in [0.05, 0.1) is 18.3 Å². The fourth-order valence-corrected chi connectivity index (χ4v) is 3.20. The van der Waals surface area contributed by atoms with Crippen molar-refractivity contribution in [2.45, 2.75) is 46.2 Å². The molecule has 0 atom stereocenters. The molecule has 26 heavy (non-hydrogen) atoms. The molecule has 0 bridgehead atoms. The Morgan fingerprint density at radius 1 is 1.19 bits per heavy atom. The molecular formula is C20H27N3O3. The molecular weight excluding hydrogens is 330 g/mol. The summed E-state index contributed by atoms with van der Waals surface area (Å²) in [5, 5.41) is 4.52. The highest BCUT2D eigenvalue weighted by atomic mass is 16.5. The highest BCUT2D eigenvalue weighted by molar-refractivity contribution is 5.78. The predicted molar refractivity (Wildman–Crippen MR) is 99.5 cm³/mol. The summed E-state index contributed by atoms with van der Waals surface area (Å²) < 4.78 is 13.3. The molecule has 0 saturated carbocycles. The standard InChI is InChI=1S/C20H27N3O3/c1-5-25-17-8-6-7-9-18(17)26-14-19(24)22-11-10-16-15(13-22)12-21-23(16)20(2,3)4/h6-9,12H,5,10-11,13-14H2,1-4H3. The van der Waals surface area contributed by atoms with Gasteiger partial charge in [0.15, 0.2) is 18.1 Å². The normalized spacial score (nSPS) is 14.1. The van der Waals surface area contributed by atoms with Crippen molar-refractivity contribution in [1.29, 1.82) is 0 Å². The molecule has 3 rings (SSSR count). The minimum absolute atomic E-state index is 0.00677. The van der Waals surface area contributed by atoms with E-state index in [-0.39, 0.29) is 18.1 Å². The van der Waals surface area contributed by atoms with Gasteiger partial charge in [-0.2, -0.15) is 5.10 Å². The average molecular weight is 357 g/mol. The first kappa shape index (κ1) is 18.3. The fourth-order valence-electron chi connectivity index (χ4n) is 3.20. The molecule has 6 heteroatoms. The van der Waals surface area contributed by atoms with Crippen molar-refractivity contribution in [3.8, 4) is 11.5 Å². The number of fused-ring (bicyclic) bond motifs is 1. The van der Waals surface area contributed by atoms with Gasteiger partial charge in [-0.3, -0.25) is 9.48 Å². The number of benzene rings is 1. The Balaban J connectivity index is 1.63. The third-order valence-electron chi connectivity index (χ3n) is 4.42. The van der Waals surface area contributed by atoms with E-state index in [0.717, 1.165) is 12.0 Å². The Bertz CT molecular complexity index is 777. The van der Waals surface area contributed by atoms with E-state index in [1.165, 1.54) is 5.69 Å². The molecule has 1 amide bonds. The topological polar surface area (TPSA) is 56.6 Å². The zero-order chi connectivity index (χ0) is 18.7. The van der Waals surface area contributed by atoms with E-state index in [9.17, 15) is 4.79 Å². The predicted octanol–water partition coefficient (Wildman–Crippen LogP) is 3.00. The van der Waals surface area contributed by atoms with E-state index in [4.69, 9.17) is 9.47 Å². The molecule has 1 aliphatic heterocycles. The number of ether oxygens (including phenoxy) is 2. The molecule has 0 spiro atoms. The minimum atomic E-state index is -0.0497. The quantitative estimate of drug-likeness (QED) is 0.825. The van der Waals surface area contributed by atoms with Gasteiger partial charge in [-0.15, -0.1) is 0 Å². The largest absolute Gasteiger partial charge is 0.490 e. The van der Waals surface area contributed by atoms with E-state index in [2.05, 4.69) is 30.6 Å². The molecule has 0 N–H and O–H groups in total. The summed E-state index contributed by atoms with van der Waals surface area (Å²) in [7, 11) is 0. The second-order valence-corrected chi connectivity index (χ2v) is 7.43. The van der Waals surface area contributed by atoms with Crippen molar-refractivity contribution in [1.82, 2.24) is 14.7 Å². The Hall–Kier alpha value is -2.50. The van der Waals surface area contributed by atoms with Gasteiger partial charge in [0.25, 0.3) is 5.91 Å². The average Bonchev–Trinajstić information content (AvgIpc) is 3.04. The Morgan fingerprint density at radius 3 is 2.54 bits per heavy atom. The van der Waals surface area contributed by atoms with Gasteiger partial charge in [0, 0.05) is 30.8 Å². The summed E-state index contributed by atoms with van der Waals surface area (Å²) >= 11 is 0. The number of rotatable bonds is 5. The molecule has 1 aliphatic rings. The summed E-state index contributed by atoms with van der Waals surface area (Å²) in [6.07, 6.45) is 2.69. The maximum atomic E-state index is 12.6. The highest BCUT2D eigenvalue weighted by Gasteiger charge is 2.27. The van der Waals surface area contributed by atoms with Crippen LogP contribution in [0.1, 0.15) is 39.0 Å². The van der Waals surface area contributed by atoms with Crippen LogP contribution in [0.5, 0.6) is 11.5 Å². The first-order chi connectivity index (χ1) is 12.4. The second kappa shape index (κ2) is 7.40. The van der Waals surface area contributed by atoms with Gasteiger partial charge in [-0.05, 0) is 39.8 Å². The summed E-state index contributed by atoms with van der Waals surface area (Å²) in [5.41, 5.74) is 2.30. The van der Waals surface area contributed by atoms with Crippen molar-refractivity contribution >= 4 is 5.91 Å². The van der Waals surface area contributed by atoms with E-state index >= 15 is 0 Å². The molecule has 2 aromatic rings. The van der Waals surface area contributed by atoms with Gasteiger partial charge in [-0.25, -0.2) is 0 Å². The van der Waals surface area contributed by atoms with Crippen molar-refractivity contribution in [3.05, 3.63) is 41.7 Å². The van der Waals surface area contributed by atoms with Gasteiger partial charge in [0.2, 0.25) is 0 Å². The zero-order valence-corrected chi connectivity index (χ0v) is 16.0. The summed E-state index contributed by atoms with van der Waals surface area (Å²) in [4.78, 5) is 14.4. The van der Waals surface area contributed by atoms with Crippen LogP contribution in [0.2, 0.25) is 0 Å².